The molecule has 0 spiro atoms. The number of hydrogen-bond acceptors (Lipinski definition) is 3. The van der Waals surface area contributed by atoms with Gasteiger partial charge in [-0.25, -0.2) is 0 Å². The zero-order valence-electron chi connectivity index (χ0n) is 14.2. The van der Waals surface area contributed by atoms with Gasteiger partial charge in [-0.15, -0.1) is 0 Å². The van der Waals surface area contributed by atoms with Gasteiger partial charge in [-0.2, -0.15) is 0 Å². The summed E-state index contributed by atoms with van der Waals surface area (Å²) in [5, 5.41) is 3.77. The Morgan fingerprint density at radius 3 is 2.25 bits per heavy atom. The molecule has 0 bridgehead atoms. The molecule has 20 heavy (non-hydrogen) atoms. The predicted octanol–water partition coefficient (Wildman–Crippen LogP) is 3.56. The van der Waals surface area contributed by atoms with E-state index in [0.717, 1.165) is 51.9 Å². The quantitative estimate of drug-likeness (QED) is 0.663. The Hall–Kier alpha value is -0.540. The van der Waals surface area contributed by atoms with Crippen LogP contribution in [0.2, 0.25) is 0 Å². The van der Waals surface area contributed by atoms with Crippen molar-refractivity contribution in [2.45, 2.75) is 71.9 Å². The fraction of sp³-hybridized carbons (Fsp3) is 0.882. The first-order chi connectivity index (χ1) is 9.69. The average molecular weight is 282 g/mol. The maximum Gasteiger partial charge on any atom is 0.111 e. The summed E-state index contributed by atoms with van der Waals surface area (Å²) in [5.74, 6) is 1.18. The predicted molar refractivity (Wildman–Crippen MR) is 87.0 cm³/mol. The van der Waals surface area contributed by atoms with Crippen molar-refractivity contribution >= 4 is 0 Å². The Morgan fingerprint density at radius 1 is 1.20 bits per heavy atom. The molecule has 0 radical (unpaired) electrons. The van der Waals surface area contributed by atoms with E-state index in [-0.39, 0.29) is 5.54 Å². The number of likely N-dealkylation sites (N-methyl/N-ethyl adjacent to an activating group) is 1. The van der Waals surface area contributed by atoms with Crippen molar-refractivity contribution in [2.24, 2.45) is 0 Å². The standard InChI is InChI=1S/C17H34N2O/c1-6-13-18-16(15-12-11-14-20-15)17(7-2,8-3)19(9-4)10-5/h12,16,18H,6-11,13-14H2,1-5H3. The third kappa shape index (κ3) is 3.56. The smallest absolute Gasteiger partial charge is 0.111 e. The summed E-state index contributed by atoms with van der Waals surface area (Å²) in [5.41, 5.74) is 0.162. The lowest BCUT2D eigenvalue weighted by Crippen LogP contribution is -2.61. The Morgan fingerprint density at radius 2 is 1.85 bits per heavy atom. The third-order valence-corrected chi connectivity index (χ3v) is 4.77. The molecule has 3 nitrogen and oxygen atoms in total. The molecule has 0 amide bonds. The minimum Gasteiger partial charge on any atom is -0.496 e. The van der Waals surface area contributed by atoms with Crippen LogP contribution >= 0.6 is 0 Å². The number of rotatable bonds is 10. The molecular weight excluding hydrogens is 248 g/mol. The molecule has 1 atom stereocenters. The fourth-order valence-corrected chi connectivity index (χ4v) is 3.62. The van der Waals surface area contributed by atoms with Gasteiger partial charge in [-0.3, -0.25) is 4.90 Å². The minimum atomic E-state index is 0.162. The Labute approximate surface area is 125 Å². The zero-order chi connectivity index (χ0) is 15.0. The largest absolute Gasteiger partial charge is 0.496 e. The summed E-state index contributed by atoms with van der Waals surface area (Å²) < 4.78 is 5.93. The second-order valence-corrected chi connectivity index (χ2v) is 5.61. The second kappa shape index (κ2) is 8.68. The van der Waals surface area contributed by atoms with E-state index >= 15 is 0 Å². The van der Waals surface area contributed by atoms with E-state index in [2.05, 4.69) is 50.9 Å². The molecule has 0 saturated carbocycles. The molecule has 1 heterocycles. The van der Waals surface area contributed by atoms with Crippen molar-refractivity contribution in [1.82, 2.24) is 10.2 Å². The van der Waals surface area contributed by atoms with Crippen molar-refractivity contribution < 1.29 is 4.74 Å². The lowest BCUT2D eigenvalue weighted by atomic mass is 9.81. The van der Waals surface area contributed by atoms with E-state index in [9.17, 15) is 0 Å². The van der Waals surface area contributed by atoms with Crippen LogP contribution < -0.4 is 5.32 Å². The van der Waals surface area contributed by atoms with Crippen molar-refractivity contribution in [3.63, 3.8) is 0 Å². The van der Waals surface area contributed by atoms with Crippen molar-refractivity contribution in [3.05, 3.63) is 11.8 Å². The normalized spacial score (nSPS) is 17.2. The Kier molecular flexibility index (Phi) is 7.60. The maximum absolute atomic E-state index is 5.93. The van der Waals surface area contributed by atoms with Gasteiger partial charge < -0.3 is 10.1 Å². The second-order valence-electron chi connectivity index (χ2n) is 5.61. The Bertz CT molecular complexity index is 293. The molecule has 0 fully saturated rings. The third-order valence-electron chi connectivity index (χ3n) is 4.77. The van der Waals surface area contributed by atoms with Crippen LogP contribution in [0.4, 0.5) is 0 Å². The first kappa shape index (κ1) is 17.5. The molecule has 1 aliphatic heterocycles. The van der Waals surface area contributed by atoms with E-state index in [1.807, 2.05) is 0 Å². The highest BCUT2D eigenvalue weighted by molar-refractivity contribution is 5.17. The number of nitrogens with zero attached hydrogens (tertiary/aromatic N) is 1. The molecule has 0 aromatic heterocycles. The Balaban J connectivity index is 3.08. The summed E-state index contributed by atoms with van der Waals surface area (Å²) >= 11 is 0. The molecule has 3 heteroatoms. The maximum atomic E-state index is 5.93. The van der Waals surface area contributed by atoms with Crippen LogP contribution in [0.5, 0.6) is 0 Å². The van der Waals surface area contributed by atoms with Crippen molar-refractivity contribution in [1.29, 1.82) is 0 Å². The van der Waals surface area contributed by atoms with Crippen molar-refractivity contribution in [2.75, 3.05) is 26.2 Å². The SMILES string of the molecule is CCCNC(C1=CCCO1)C(CC)(CC)N(CC)CC. The number of ether oxygens (including phenoxy) is 1. The fourth-order valence-electron chi connectivity index (χ4n) is 3.62. The lowest BCUT2D eigenvalue weighted by Gasteiger charge is -2.48. The highest BCUT2D eigenvalue weighted by Crippen LogP contribution is 2.33. The number of hydrogen-bond donors (Lipinski definition) is 1. The molecule has 1 N–H and O–H groups in total. The van der Waals surface area contributed by atoms with E-state index in [1.165, 1.54) is 5.76 Å². The van der Waals surface area contributed by atoms with Gasteiger partial charge in [0.15, 0.2) is 0 Å². The summed E-state index contributed by atoms with van der Waals surface area (Å²) in [6.07, 6.45) is 6.80. The van der Waals surface area contributed by atoms with Gasteiger partial charge in [0, 0.05) is 12.0 Å². The first-order valence-electron chi connectivity index (χ1n) is 8.51. The molecule has 1 aliphatic rings. The highest BCUT2D eigenvalue weighted by atomic mass is 16.5. The molecule has 1 rings (SSSR count). The van der Waals surface area contributed by atoms with Gasteiger partial charge in [0.2, 0.25) is 0 Å². The average Bonchev–Trinajstić information content (AvgIpc) is 3.00. The summed E-state index contributed by atoms with van der Waals surface area (Å²) in [4.78, 5) is 2.61. The summed E-state index contributed by atoms with van der Waals surface area (Å²) in [6, 6.07) is 0.319. The van der Waals surface area contributed by atoms with Gasteiger partial charge in [0.25, 0.3) is 0 Å². The van der Waals surface area contributed by atoms with E-state index < -0.39 is 0 Å². The van der Waals surface area contributed by atoms with Crippen LogP contribution in [-0.4, -0.2) is 42.7 Å². The number of nitrogens with one attached hydrogen (secondary N) is 1. The molecular formula is C17H34N2O. The van der Waals surface area contributed by atoms with Crippen LogP contribution in [0.3, 0.4) is 0 Å². The molecule has 118 valence electrons. The monoisotopic (exact) mass is 282 g/mol. The van der Waals surface area contributed by atoms with Crippen LogP contribution in [-0.2, 0) is 4.74 Å². The molecule has 0 aliphatic carbocycles. The zero-order valence-corrected chi connectivity index (χ0v) is 14.2. The van der Waals surface area contributed by atoms with Crippen LogP contribution in [0.25, 0.3) is 0 Å². The van der Waals surface area contributed by atoms with Gasteiger partial charge in [-0.1, -0.05) is 34.6 Å². The molecule has 0 saturated heterocycles. The summed E-state index contributed by atoms with van der Waals surface area (Å²) in [6.45, 7) is 15.5. The molecule has 0 aromatic carbocycles. The summed E-state index contributed by atoms with van der Waals surface area (Å²) in [7, 11) is 0. The highest BCUT2D eigenvalue weighted by Gasteiger charge is 2.42. The lowest BCUT2D eigenvalue weighted by molar-refractivity contribution is 0.0401. The molecule has 1 unspecified atom stereocenters. The topological polar surface area (TPSA) is 24.5 Å². The van der Waals surface area contributed by atoms with Crippen LogP contribution in [0.1, 0.15) is 60.3 Å². The van der Waals surface area contributed by atoms with Crippen molar-refractivity contribution in [3.8, 4) is 0 Å². The van der Waals surface area contributed by atoms with E-state index in [0.29, 0.717) is 6.04 Å². The van der Waals surface area contributed by atoms with Crippen LogP contribution in [0.15, 0.2) is 11.8 Å². The van der Waals surface area contributed by atoms with E-state index in [1.54, 1.807) is 0 Å². The first-order valence-corrected chi connectivity index (χ1v) is 8.51. The van der Waals surface area contributed by atoms with Gasteiger partial charge >= 0.3 is 0 Å². The minimum absolute atomic E-state index is 0.162. The van der Waals surface area contributed by atoms with Gasteiger partial charge in [-0.05, 0) is 45.0 Å². The van der Waals surface area contributed by atoms with Gasteiger partial charge in [0.05, 0.1) is 12.6 Å². The van der Waals surface area contributed by atoms with E-state index in [4.69, 9.17) is 4.74 Å². The molecule has 0 aromatic rings. The van der Waals surface area contributed by atoms with Gasteiger partial charge in [0.1, 0.15) is 5.76 Å². The van der Waals surface area contributed by atoms with Crippen LogP contribution in [0, 0.1) is 0 Å².